The minimum absolute atomic E-state index is 0.107. The lowest BCUT2D eigenvalue weighted by Crippen LogP contribution is -2.34. The van der Waals surface area contributed by atoms with Crippen molar-refractivity contribution in [2.75, 3.05) is 14.2 Å². The zero-order valence-electron chi connectivity index (χ0n) is 10.8. The van der Waals surface area contributed by atoms with Gasteiger partial charge in [0, 0.05) is 12.5 Å². The molecule has 1 atom stereocenters. The molecule has 2 aromatic rings. The van der Waals surface area contributed by atoms with Crippen LogP contribution in [0, 0.1) is 0 Å². The summed E-state index contributed by atoms with van der Waals surface area (Å²) in [5, 5.41) is 2.98. The first-order chi connectivity index (χ1) is 8.63. The van der Waals surface area contributed by atoms with Gasteiger partial charge in [-0.2, -0.15) is 0 Å². The molecule has 0 spiro atoms. The van der Waals surface area contributed by atoms with Crippen molar-refractivity contribution in [1.82, 2.24) is 15.3 Å². The monoisotopic (exact) mass is 247 g/mol. The minimum atomic E-state index is -0.201. The van der Waals surface area contributed by atoms with Gasteiger partial charge in [0.1, 0.15) is 17.4 Å². The molecule has 1 aromatic heterocycles. The van der Waals surface area contributed by atoms with Crippen LogP contribution in [0.3, 0.4) is 0 Å². The van der Waals surface area contributed by atoms with E-state index in [1.807, 2.05) is 18.2 Å². The molecule has 0 bridgehead atoms. The highest BCUT2D eigenvalue weighted by Gasteiger charge is 2.14. The Labute approximate surface area is 106 Å². The number of imidazole rings is 1. The van der Waals surface area contributed by atoms with Gasteiger partial charge in [0.15, 0.2) is 0 Å². The molecular weight excluding hydrogens is 230 g/mol. The summed E-state index contributed by atoms with van der Waals surface area (Å²) in [6.07, 6.45) is 0.558. The van der Waals surface area contributed by atoms with Crippen LogP contribution < -0.4 is 10.1 Å². The number of H-pyrrole nitrogens is 1. The second kappa shape index (κ2) is 5.18. The summed E-state index contributed by atoms with van der Waals surface area (Å²) in [4.78, 5) is 19.0. The zero-order chi connectivity index (χ0) is 13.1. The molecule has 0 aliphatic carbocycles. The van der Waals surface area contributed by atoms with Crippen molar-refractivity contribution in [2.45, 2.75) is 19.4 Å². The molecule has 1 heterocycles. The van der Waals surface area contributed by atoms with Crippen molar-refractivity contribution in [3.05, 3.63) is 24.0 Å². The maximum atomic E-state index is 11.4. The molecule has 0 radical (unpaired) electrons. The summed E-state index contributed by atoms with van der Waals surface area (Å²) in [6, 6.07) is 5.46. The lowest BCUT2D eigenvalue weighted by molar-refractivity contribution is -0.118. The number of benzene rings is 1. The van der Waals surface area contributed by atoms with Crippen LogP contribution >= 0.6 is 0 Å². The van der Waals surface area contributed by atoms with Gasteiger partial charge in [-0.3, -0.25) is 4.79 Å². The van der Waals surface area contributed by atoms with Gasteiger partial charge in [-0.25, -0.2) is 4.98 Å². The molecule has 1 aromatic carbocycles. The lowest BCUT2D eigenvalue weighted by Gasteiger charge is -2.09. The first-order valence-electron chi connectivity index (χ1n) is 5.84. The summed E-state index contributed by atoms with van der Waals surface area (Å²) in [6.45, 7) is 1.58. The Hall–Kier alpha value is -1.88. The van der Waals surface area contributed by atoms with Gasteiger partial charge in [0.25, 0.3) is 0 Å². The summed E-state index contributed by atoms with van der Waals surface area (Å²) in [7, 11) is 3.41. The quantitative estimate of drug-likeness (QED) is 0.835. The topological polar surface area (TPSA) is 67.0 Å². The van der Waals surface area contributed by atoms with Crippen molar-refractivity contribution < 1.29 is 9.53 Å². The molecule has 5 heteroatoms. The van der Waals surface area contributed by atoms with Crippen LogP contribution in [0.25, 0.3) is 11.0 Å². The van der Waals surface area contributed by atoms with E-state index in [0.29, 0.717) is 6.42 Å². The average Bonchev–Trinajstić information content (AvgIpc) is 2.76. The smallest absolute Gasteiger partial charge is 0.147 e. The minimum Gasteiger partial charge on any atom is -0.497 e. The van der Waals surface area contributed by atoms with E-state index < -0.39 is 0 Å². The predicted molar refractivity (Wildman–Crippen MR) is 69.9 cm³/mol. The number of fused-ring (bicyclic) bond motifs is 1. The normalized spacial score (nSPS) is 12.6. The molecule has 0 saturated heterocycles. The van der Waals surface area contributed by atoms with E-state index in [1.54, 1.807) is 21.1 Å². The lowest BCUT2D eigenvalue weighted by atomic mass is 10.1. The van der Waals surface area contributed by atoms with Crippen molar-refractivity contribution in [3.8, 4) is 5.75 Å². The number of rotatable bonds is 5. The summed E-state index contributed by atoms with van der Waals surface area (Å²) in [5.74, 6) is 1.69. The number of hydrogen-bond donors (Lipinski definition) is 2. The molecule has 2 rings (SSSR count). The number of hydrogen-bond acceptors (Lipinski definition) is 4. The Morgan fingerprint density at radius 1 is 1.56 bits per heavy atom. The fourth-order valence-corrected chi connectivity index (χ4v) is 1.91. The Balaban J connectivity index is 2.27. The van der Waals surface area contributed by atoms with E-state index in [0.717, 1.165) is 22.6 Å². The molecule has 2 N–H and O–H groups in total. The number of aromatic amines is 1. The van der Waals surface area contributed by atoms with E-state index >= 15 is 0 Å². The Morgan fingerprint density at radius 3 is 2.94 bits per heavy atom. The highest BCUT2D eigenvalue weighted by molar-refractivity contribution is 5.82. The maximum Gasteiger partial charge on any atom is 0.147 e. The van der Waals surface area contributed by atoms with Crippen molar-refractivity contribution in [3.63, 3.8) is 0 Å². The van der Waals surface area contributed by atoms with Crippen LogP contribution in [0.5, 0.6) is 5.75 Å². The maximum absolute atomic E-state index is 11.4. The number of carbonyl (C=O) groups excluding carboxylic acids is 1. The summed E-state index contributed by atoms with van der Waals surface area (Å²) >= 11 is 0. The van der Waals surface area contributed by atoms with E-state index in [2.05, 4.69) is 15.3 Å². The molecule has 96 valence electrons. The fourth-order valence-electron chi connectivity index (χ4n) is 1.91. The number of methoxy groups -OCH3 is 1. The zero-order valence-corrected chi connectivity index (χ0v) is 10.8. The number of nitrogens with zero attached hydrogens (tertiary/aromatic N) is 1. The number of ketones is 1. The third-order valence-corrected chi connectivity index (χ3v) is 2.97. The van der Waals surface area contributed by atoms with E-state index in [4.69, 9.17) is 4.74 Å². The van der Waals surface area contributed by atoms with Gasteiger partial charge in [-0.1, -0.05) is 0 Å². The largest absolute Gasteiger partial charge is 0.497 e. The SMILES string of the molecule is CNC(Cc1nc2ccc(OC)cc2[nH]1)C(C)=O. The number of ether oxygens (including phenoxy) is 1. The fraction of sp³-hybridized carbons (Fsp3) is 0.385. The third-order valence-electron chi connectivity index (χ3n) is 2.97. The second-order valence-corrected chi connectivity index (χ2v) is 4.22. The van der Waals surface area contributed by atoms with Gasteiger partial charge in [0.05, 0.1) is 24.2 Å². The number of aromatic nitrogens is 2. The molecule has 0 aliphatic heterocycles. The van der Waals surface area contributed by atoms with Crippen molar-refractivity contribution >= 4 is 16.8 Å². The van der Waals surface area contributed by atoms with Crippen LogP contribution in [-0.4, -0.2) is 36.0 Å². The number of likely N-dealkylation sites (N-methyl/N-ethyl adjacent to an activating group) is 1. The van der Waals surface area contributed by atoms with Gasteiger partial charge in [0.2, 0.25) is 0 Å². The molecule has 0 saturated carbocycles. The molecule has 1 unspecified atom stereocenters. The molecule has 18 heavy (non-hydrogen) atoms. The van der Waals surface area contributed by atoms with E-state index in [9.17, 15) is 4.79 Å². The first kappa shape index (κ1) is 12.6. The summed E-state index contributed by atoms with van der Waals surface area (Å²) in [5.41, 5.74) is 1.80. The average molecular weight is 247 g/mol. The predicted octanol–water partition coefficient (Wildman–Crippen LogP) is 1.29. The van der Waals surface area contributed by atoms with Crippen LogP contribution in [0.4, 0.5) is 0 Å². The van der Waals surface area contributed by atoms with Gasteiger partial charge < -0.3 is 15.0 Å². The van der Waals surface area contributed by atoms with Crippen LogP contribution in [-0.2, 0) is 11.2 Å². The van der Waals surface area contributed by atoms with E-state index in [-0.39, 0.29) is 11.8 Å². The highest BCUT2D eigenvalue weighted by Crippen LogP contribution is 2.19. The number of nitrogens with one attached hydrogen (secondary N) is 2. The van der Waals surface area contributed by atoms with Gasteiger partial charge in [-0.15, -0.1) is 0 Å². The van der Waals surface area contributed by atoms with E-state index in [1.165, 1.54) is 0 Å². The highest BCUT2D eigenvalue weighted by atomic mass is 16.5. The summed E-state index contributed by atoms with van der Waals surface area (Å²) < 4.78 is 5.16. The van der Waals surface area contributed by atoms with Crippen molar-refractivity contribution in [2.24, 2.45) is 0 Å². The Kier molecular flexibility index (Phi) is 3.62. The standard InChI is InChI=1S/C13H17N3O2/c1-8(17)11(14-2)7-13-15-10-5-4-9(18-3)6-12(10)16-13/h4-6,11,14H,7H2,1-3H3,(H,15,16). The Bertz CT molecular complexity index is 562. The third kappa shape index (κ3) is 2.51. The molecule has 0 fully saturated rings. The molecular formula is C13H17N3O2. The Morgan fingerprint density at radius 2 is 2.33 bits per heavy atom. The van der Waals surface area contributed by atoms with Crippen molar-refractivity contribution in [1.29, 1.82) is 0 Å². The van der Waals surface area contributed by atoms with Crippen LogP contribution in [0.2, 0.25) is 0 Å². The van der Waals surface area contributed by atoms with Gasteiger partial charge >= 0.3 is 0 Å². The van der Waals surface area contributed by atoms with Crippen LogP contribution in [0.15, 0.2) is 18.2 Å². The number of carbonyl (C=O) groups is 1. The number of Topliss-reactive ketones (excluding diaryl/α,β-unsaturated/α-hetero) is 1. The molecule has 5 nitrogen and oxygen atoms in total. The van der Waals surface area contributed by atoms with Crippen LogP contribution in [0.1, 0.15) is 12.7 Å². The van der Waals surface area contributed by atoms with Gasteiger partial charge in [-0.05, 0) is 26.1 Å². The molecule has 0 amide bonds. The molecule has 0 aliphatic rings. The first-order valence-corrected chi connectivity index (χ1v) is 5.84. The second-order valence-electron chi connectivity index (χ2n) is 4.22.